The number of carbonyl (C=O) groups excluding carboxylic acids is 1. The molecule has 28 heavy (non-hydrogen) atoms. The number of aromatic nitrogens is 2. The average molecular weight is 401 g/mol. The Labute approximate surface area is 162 Å². The van der Waals surface area contributed by atoms with E-state index in [1.165, 1.54) is 19.2 Å². The number of aryl methyl sites for hydroxylation is 1. The third-order valence-electron chi connectivity index (χ3n) is 3.99. The van der Waals surface area contributed by atoms with E-state index in [0.717, 1.165) is 5.56 Å². The van der Waals surface area contributed by atoms with Crippen molar-refractivity contribution < 1.29 is 22.4 Å². The fourth-order valence-corrected chi connectivity index (χ4v) is 3.72. The van der Waals surface area contributed by atoms with Gasteiger partial charge in [-0.15, -0.1) is 5.10 Å². The van der Waals surface area contributed by atoms with Crippen molar-refractivity contribution in [1.29, 1.82) is 0 Å². The van der Waals surface area contributed by atoms with Crippen LogP contribution in [-0.2, 0) is 14.6 Å². The maximum absolute atomic E-state index is 12.3. The normalized spacial score (nSPS) is 11.2. The minimum Gasteiger partial charge on any atom is -0.496 e. The van der Waals surface area contributed by atoms with Crippen molar-refractivity contribution in [1.82, 2.24) is 10.2 Å². The molecule has 3 aromatic rings. The first kappa shape index (κ1) is 19.6. The van der Waals surface area contributed by atoms with E-state index in [0.29, 0.717) is 11.3 Å². The SMILES string of the molecule is COc1ccccc1-c1nnc(NC(=O)CCS(=O)(=O)c2ccc(C)cc2)o1. The number of hydrogen-bond acceptors (Lipinski definition) is 7. The van der Waals surface area contributed by atoms with Crippen LogP contribution in [0, 0.1) is 6.92 Å². The fraction of sp³-hybridized carbons (Fsp3) is 0.211. The van der Waals surface area contributed by atoms with Crippen molar-refractivity contribution in [3.63, 3.8) is 0 Å². The van der Waals surface area contributed by atoms with E-state index in [1.54, 1.807) is 36.4 Å². The van der Waals surface area contributed by atoms with Crippen LogP contribution in [0.4, 0.5) is 6.01 Å². The van der Waals surface area contributed by atoms with Crippen molar-refractivity contribution in [2.45, 2.75) is 18.2 Å². The highest BCUT2D eigenvalue weighted by Gasteiger charge is 2.18. The number of hydrogen-bond donors (Lipinski definition) is 1. The predicted octanol–water partition coefficient (Wildman–Crippen LogP) is 2.86. The first-order valence-electron chi connectivity index (χ1n) is 8.45. The Morgan fingerprint density at radius 3 is 2.54 bits per heavy atom. The number of carbonyl (C=O) groups is 1. The van der Waals surface area contributed by atoms with E-state index in [4.69, 9.17) is 9.15 Å². The van der Waals surface area contributed by atoms with Crippen LogP contribution < -0.4 is 10.1 Å². The molecule has 0 radical (unpaired) electrons. The number of nitrogens with zero attached hydrogens (tertiary/aromatic N) is 2. The second-order valence-corrected chi connectivity index (χ2v) is 8.15. The summed E-state index contributed by atoms with van der Waals surface area (Å²) in [6, 6.07) is 13.4. The zero-order valence-electron chi connectivity index (χ0n) is 15.4. The predicted molar refractivity (Wildman–Crippen MR) is 103 cm³/mol. The van der Waals surface area contributed by atoms with Gasteiger partial charge in [0.2, 0.25) is 5.91 Å². The van der Waals surface area contributed by atoms with Gasteiger partial charge in [-0.05, 0) is 31.2 Å². The summed E-state index contributed by atoms with van der Waals surface area (Å²) in [6.07, 6.45) is -0.234. The highest BCUT2D eigenvalue weighted by atomic mass is 32.2. The largest absolute Gasteiger partial charge is 0.496 e. The van der Waals surface area contributed by atoms with Crippen LogP contribution in [0.1, 0.15) is 12.0 Å². The summed E-state index contributed by atoms with van der Waals surface area (Å²) in [6.45, 7) is 1.87. The lowest BCUT2D eigenvalue weighted by atomic mass is 10.2. The number of methoxy groups -OCH3 is 1. The number of para-hydroxylation sites is 1. The summed E-state index contributed by atoms with van der Waals surface area (Å²) in [5.74, 6) is -0.130. The van der Waals surface area contributed by atoms with E-state index in [9.17, 15) is 13.2 Å². The maximum atomic E-state index is 12.3. The average Bonchev–Trinajstić information content (AvgIpc) is 3.15. The van der Waals surface area contributed by atoms with Gasteiger partial charge in [-0.25, -0.2) is 8.42 Å². The van der Waals surface area contributed by atoms with Crippen molar-refractivity contribution >= 4 is 21.8 Å². The minimum atomic E-state index is -3.56. The van der Waals surface area contributed by atoms with E-state index in [2.05, 4.69) is 15.5 Å². The Morgan fingerprint density at radius 1 is 1.11 bits per heavy atom. The lowest BCUT2D eigenvalue weighted by Gasteiger charge is -2.05. The lowest BCUT2D eigenvalue weighted by molar-refractivity contribution is -0.115. The summed E-state index contributed by atoms with van der Waals surface area (Å²) < 4.78 is 35.3. The van der Waals surface area contributed by atoms with Crippen molar-refractivity contribution in [3.8, 4) is 17.2 Å². The fourth-order valence-electron chi connectivity index (χ4n) is 2.48. The Balaban J connectivity index is 1.63. The van der Waals surface area contributed by atoms with Gasteiger partial charge in [-0.2, -0.15) is 0 Å². The van der Waals surface area contributed by atoms with Gasteiger partial charge < -0.3 is 9.15 Å². The van der Waals surface area contributed by atoms with Gasteiger partial charge in [0.15, 0.2) is 9.84 Å². The molecule has 1 aromatic heterocycles. The molecule has 1 N–H and O–H groups in total. The summed E-state index contributed by atoms with van der Waals surface area (Å²) in [5, 5.41) is 10.1. The highest BCUT2D eigenvalue weighted by Crippen LogP contribution is 2.29. The van der Waals surface area contributed by atoms with Crippen LogP contribution in [0.25, 0.3) is 11.5 Å². The van der Waals surface area contributed by atoms with Crippen LogP contribution in [0.3, 0.4) is 0 Å². The molecule has 8 nitrogen and oxygen atoms in total. The summed E-state index contributed by atoms with van der Waals surface area (Å²) in [7, 11) is -2.03. The molecule has 9 heteroatoms. The Kier molecular flexibility index (Phi) is 5.74. The number of nitrogens with one attached hydrogen (secondary N) is 1. The molecule has 0 fully saturated rings. The van der Waals surface area contributed by atoms with E-state index >= 15 is 0 Å². The van der Waals surface area contributed by atoms with Crippen molar-refractivity contribution in [2.75, 3.05) is 18.2 Å². The van der Waals surface area contributed by atoms with E-state index in [-0.39, 0.29) is 29.0 Å². The standard InChI is InChI=1S/C19H19N3O5S/c1-13-7-9-14(10-8-13)28(24,25)12-11-17(23)20-19-22-21-18(27-19)15-5-3-4-6-16(15)26-2/h3-10H,11-12H2,1-2H3,(H,20,22,23). The highest BCUT2D eigenvalue weighted by molar-refractivity contribution is 7.91. The van der Waals surface area contributed by atoms with E-state index in [1.807, 2.05) is 6.92 Å². The second kappa shape index (κ2) is 8.22. The Morgan fingerprint density at radius 2 is 1.82 bits per heavy atom. The van der Waals surface area contributed by atoms with Gasteiger partial charge >= 0.3 is 6.01 Å². The Bertz CT molecular complexity index is 1070. The van der Waals surface area contributed by atoms with Gasteiger partial charge in [-0.3, -0.25) is 10.1 Å². The Hall–Kier alpha value is -3.20. The van der Waals surface area contributed by atoms with Gasteiger partial charge in [-0.1, -0.05) is 34.9 Å². The molecule has 2 aromatic carbocycles. The molecule has 0 bridgehead atoms. The lowest BCUT2D eigenvalue weighted by Crippen LogP contribution is -2.17. The van der Waals surface area contributed by atoms with Crippen LogP contribution >= 0.6 is 0 Å². The number of amides is 1. The minimum absolute atomic E-state index is 0.112. The van der Waals surface area contributed by atoms with Gasteiger partial charge in [0.05, 0.1) is 23.3 Å². The molecule has 146 valence electrons. The third kappa shape index (κ3) is 4.55. The smallest absolute Gasteiger partial charge is 0.322 e. The molecular weight excluding hydrogens is 382 g/mol. The molecule has 0 saturated carbocycles. The van der Waals surface area contributed by atoms with Crippen LogP contribution in [0.15, 0.2) is 57.8 Å². The van der Waals surface area contributed by atoms with Crippen molar-refractivity contribution in [3.05, 3.63) is 54.1 Å². The first-order valence-corrected chi connectivity index (χ1v) is 10.1. The number of ether oxygens (including phenoxy) is 1. The zero-order valence-corrected chi connectivity index (χ0v) is 16.2. The monoisotopic (exact) mass is 401 g/mol. The molecule has 0 saturated heterocycles. The van der Waals surface area contributed by atoms with Crippen LogP contribution in [0.2, 0.25) is 0 Å². The number of benzene rings is 2. The zero-order chi connectivity index (χ0) is 20.1. The first-order chi connectivity index (χ1) is 13.4. The second-order valence-electron chi connectivity index (χ2n) is 6.04. The van der Waals surface area contributed by atoms with Gasteiger partial charge in [0.1, 0.15) is 5.75 Å². The maximum Gasteiger partial charge on any atom is 0.322 e. The molecule has 0 aliphatic heterocycles. The molecular formula is C19H19N3O5S. The number of rotatable bonds is 7. The molecule has 0 aliphatic carbocycles. The van der Waals surface area contributed by atoms with Crippen LogP contribution in [-0.4, -0.2) is 37.4 Å². The van der Waals surface area contributed by atoms with Crippen molar-refractivity contribution in [2.24, 2.45) is 0 Å². The van der Waals surface area contributed by atoms with Gasteiger partial charge in [0.25, 0.3) is 5.89 Å². The summed E-state index contributed by atoms with van der Waals surface area (Å²) >= 11 is 0. The van der Waals surface area contributed by atoms with Crippen LogP contribution in [0.5, 0.6) is 5.75 Å². The molecule has 3 rings (SSSR count). The molecule has 1 heterocycles. The topological polar surface area (TPSA) is 111 Å². The summed E-state index contributed by atoms with van der Waals surface area (Å²) in [4.78, 5) is 12.3. The molecule has 0 atom stereocenters. The third-order valence-corrected chi connectivity index (χ3v) is 5.72. The molecule has 0 unspecified atom stereocenters. The van der Waals surface area contributed by atoms with E-state index < -0.39 is 15.7 Å². The van der Waals surface area contributed by atoms with Gasteiger partial charge in [0, 0.05) is 6.42 Å². The summed E-state index contributed by atoms with van der Waals surface area (Å²) in [5.41, 5.74) is 1.54. The molecule has 1 amide bonds. The quantitative estimate of drug-likeness (QED) is 0.648. The number of sulfone groups is 1. The molecule has 0 aliphatic rings. The molecule has 0 spiro atoms. The number of anilines is 1.